The van der Waals surface area contributed by atoms with Crippen LogP contribution in [0.3, 0.4) is 0 Å². The number of nitrogens with zero attached hydrogens (tertiary/aromatic N) is 2. The topological polar surface area (TPSA) is 65.8 Å². The number of carbonyl (C=O) groups is 1. The predicted octanol–water partition coefficient (Wildman–Crippen LogP) is 3.67. The zero-order valence-corrected chi connectivity index (χ0v) is 15.2. The van der Waals surface area contributed by atoms with E-state index in [1.807, 2.05) is 30.3 Å². The second kappa shape index (κ2) is 8.72. The van der Waals surface area contributed by atoms with E-state index in [-0.39, 0.29) is 11.7 Å². The molecule has 0 aliphatic rings. The number of hydrogen-bond donors (Lipinski definition) is 1. The van der Waals surface area contributed by atoms with E-state index < -0.39 is 0 Å². The van der Waals surface area contributed by atoms with Crippen LogP contribution in [0.4, 0.5) is 0 Å². The maximum Gasteiger partial charge on any atom is 0.230 e. The number of halogens is 1. The van der Waals surface area contributed by atoms with Gasteiger partial charge in [-0.3, -0.25) is 4.79 Å². The third kappa shape index (κ3) is 4.73. The van der Waals surface area contributed by atoms with Gasteiger partial charge < -0.3 is 5.32 Å². The fourth-order valence-corrected chi connectivity index (χ4v) is 3.26. The molecule has 1 aromatic heterocycles. The Morgan fingerprint density at radius 3 is 2.71 bits per heavy atom. The van der Waals surface area contributed by atoms with Crippen molar-refractivity contribution in [2.24, 2.45) is 0 Å². The summed E-state index contributed by atoms with van der Waals surface area (Å²) < 4.78 is 0. The summed E-state index contributed by atoms with van der Waals surface area (Å²) >= 11 is 7.38. The Morgan fingerprint density at radius 2 is 2.04 bits per heavy atom. The normalized spacial score (nSPS) is 10.2. The first-order chi connectivity index (χ1) is 11.5. The number of rotatable bonds is 6. The second-order valence-electron chi connectivity index (χ2n) is 5.30. The number of pyridine rings is 1. The van der Waals surface area contributed by atoms with Crippen molar-refractivity contribution in [3.05, 3.63) is 57.7 Å². The fourth-order valence-electron chi connectivity index (χ4n) is 2.21. The van der Waals surface area contributed by atoms with Gasteiger partial charge in [0.25, 0.3) is 0 Å². The molecule has 0 spiro atoms. The van der Waals surface area contributed by atoms with Crippen LogP contribution in [0.2, 0.25) is 5.02 Å². The van der Waals surface area contributed by atoms with Gasteiger partial charge in [0, 0.05) is 6.54 Å². The van der Waals surface area contributed by atoms with Crippen molar-refractivity contribution in [1.82, 2.24) is 10.3 Å². The molecule has 1 N–H and O–H groups in total. The van der Waals surface area contributed by atoms with Crippen LogP contribution in [-0.4, -0.2) is 23.2 Å². The highest BCUT2D eigenvalue weighted by Crippen LogP contribution is 2.29. The van der Waals surface area contributed by atoms with Crippen molar-refractivity contribution in [3.63, 3.8) is 0 Å². The smallest absolute Gasteiger partial charge is 0.230 e. The lowest BCUT2D eigenvalue weighted by molar-refractivity contribution is -0.118. The number of hydrogen-bond acceptors (Lipinski definition) is 4. The van der Waals surface area contributed by atoms with E-state index in [1.54, 1.807) is 13.8 Å². The molecule has 1 aromatic carbocycles. The first-order valence-corrected chi connectivity index (χ1v) is 8.89. The van der Waals surface area contributed by atoms with E-state index in [1.165, 1.54) is 17.3 Å². The quantitative estimate of drug-likeness (QED) is 0.799. The molecule has 2 aromatic rings. The molecule has 1 heterocycles. The van der Waals surface area contributed by atoms with Gasteiger partial charge in [-0.05, 0) is 31.4 Å². The molecule has 0 fully saturated rings. The lowest BCUT2D eigenvalue weighted by Gasteiger charge is -2.10. The maximum atomic E-state index is 12.0. The fraction of sp³-hybridized carbons (Fsp3) is 0.278. The van der Waals surface area contributed by atoms with Gasteiger partial charge in [-0.1, -0.05) is 53.7 Å². The highest BCUT2D eigenvalue weighted by molar-refractivity contribution is 8.00. The highest BCUT2D eigenvalue weighted by atomic mass is 35.5. The van der Waals surface area contributed by atoms with Crippen molar-refractivity contribution in [1.29, 1.82) is 5.26 Å². The van der Waals surface area contributed by atoms with Crippen molar-refractivity contribution >= 4 is 29.3 Å². The Kier molecular flexibility index (Phi) is 6.65. The third-order valence-electron chi connectivity index (χ3n) is 3.54. The summed E-state index contributed by atoms with van der Waals surface area (Å²) in [5.41, 5.74) is 2.99. The van der Waals surface area contributed by atoms with Crippen molar-refractivity contribution < 1.29 is 4.79 Å². The monoisotopic (exact) mass is 359 g/mol. The SMILES string of the molecule is Cc1nc(SCC(=O)NCCc2ccccc2)c(C#N)c(C)c1Cl. The highest BCUT2D eigenvalue weighted by Gasteiger charge is 2.15. The number of nitriles is 1. The van der Waals surface area contributed by atoms with E-state index in [2.05, 4.69) is 16.4 Å². The Bertz CT molecular complexity index is 772. The number of thioether (sulfide) groups is 1. The number of benzene rings is 1. The number of amides is 1. The number of aromatic nitrogens is 1. The molecule has 0 radical (unpaired) electrons. The van der Waals surface area contributed by atoms with Gasteiger partial charge >= 0.3 is 0 Å². The lowest BCUT2D eigenvalue weighted by atomic mass is 10.1. The molecule has 2 rings (SSSR count). The molecule has 0 saturated carbocycles. The molecule has 24 heavy (non-hydrogen) atoms. The van der Waals surface area contributed by atoms with E-state index in [9.17, 15) is 10.1 Å². The molecule has 0 saturated heterocycles. The molecule has 0 atom stereocenters. The Morgan fingerprint density at radius 1 is 1.33 bits per heavy atom. The van der Waals surface area contributed by atoms with Crippen LogP contribution in [0.1, 0.15) is 22.4 Å². The first-order valence-electron chi connectivity index (χ1n) is 7.53. The standard InChI is InChI=1S/C18H18ClN3OS/c1-12-15(10-20)18(22-13(2)17(12)19)24-11-16(23)21-9-8-14-6-4-3-5-7-14/h3-7H,8-9,11H2,1-2H3,(H,21,23). The van der Waals surface area contributed by atoms with Gasteiger partial charge in [0.2, 0.25) is 5.91 Å². The average molecular weight is 360 g/mol. The predicted molar refractivity (Wildman–Crippen MR) is 97.3 cm³/mol. The van der Waals surface area contributed by atoms with Crippen molar-refractivity contribution in [2.75, 3.05) is 12.3 Å². The van der Waals surface area contributed by atoms with E-state index in [0.717, 1.165) is 6.42 Å². The van der Waals surface area contributed by atoms with Crippen LogP contribution in [0.25, 0.3) is 0 Å². The Balaban J connectivity index is 1.89. The average Bonchev–Trinajstić information content (AvgIpc) is 2.59. The number of aryl methyl sites for hydroxylation is 1. The largest absolute Gasteiger partial charge is 0.355 e. The van der Waals surface area contributed by atoms with Crippen molar-refractivity contribution in [3.8, 4) is 6.07 Å². The van der Waals surface area contributed by atoms with E-state index in [0.29, 0.717) is 33.4 Å². The van der Waals surface area contributed by atoms with Crippen molar-refractivity contribution in [2.45, 2.75) is 25.3 Å². The van der Waals surface area contributed by atoms with Gasteiger partial charge in [0.05, 0.1) is 22.0 Å². The molecule has 1 amide bonds. The number of nitrogens with one attached hydrogen (secondary N) is 1. The van der Waals surface area contributed by atoms with E-state index >= 15 is 0 Å². The summed E-state index contributed by atoms with van der Waals surface area (Å²) in [7, 11) is 0. The molecule has 0 aliphatic heterocycles. The summed E-state index contributed by atoms with van der Waals surface area (Å²) in [6.07, 6.45) is 0.790. The van der Waals surface area contributed by atoms with Crippen LogP contribution in [0, 0.1) is 25.2 Å². The molecular formula is C18H18ClN3OS. The van der Waals surface area contributed by atoms with E-state index in [4.69, 9.17) is 11.6 Å². The summed E-state index contributed by atoms with van der Waals surface area (Å²) in [5.74, 6) is 0.142. The molecule has 0 unspecified atom stereocenters. The van der Waals surface area contributed by atoms with Gasteiger partial charge in [0.15, 0.2) is 0 Å². The molecule has 0 bridgehead atoms. The van der Waals surface area contributed by atoms with Gasteiger partial charge in [0.1, 0.15) is 11.1 Å². The zero-order valence-electron chi connectivity index (χ0n) is 13.6. The second-order valence-corrected chi connectivity index (χ2v) is 6.64. The van der Waals surface area contributed by atoms with Crippen LogP contribution >= 0.6 is 23.4 Å². The third-order valence-corrected chi connectivity index (χ3v) is 5.07. The summed E-state index contributed by atoms with van der Waals surface area (Å²) in [6, 6.07) is 12.1. The molecule has 124 valence electrons. The summed E-state index contributed by atoms with van der Waals surface area (Å²) in [4.78, 5) is 16.3. The summed E-state index contributed by atoms with van der Waals surface area (Å²) in [6.45, 7) is 4.17. The molecular weight excluding hydrogens is 342 g/mol. The van der Waals surface area contributed by atoms with Crippen LogP contribution < -0.4 is 5.32 Å². The summed E-state index contributed by atoms with van der Waals surface area (Å²) in [5, 5.41) is 13.2. The van der Waals surface area contributed by atoms with Crippen LogP contribution in [-0.2, 0) is 11.2 Å². The molecule has 4 nitrogen and oxygen atoms in total. The minimum absolute atomic E-state index is 0.0770. The minimum Gasteiger partial charge on any atom is -0.355 e. The maximum absolute atomic E-state index is 12.0. The van der Waals surface area contributed by atoms with Gasteiger partial charge in [-0.15, -0.1) is 0 Å². The Labute approximate surface area is 151 Å². The molecule has 0 aliphatic carbocycles. The lowest BCUT2D eigenvalue weighted by Crippen LogP contribution is -2.27. The number of carbonyl (C=O) groups excluding carboxylic acids is 1. The Hall–Kier alpha value is -2.03. The first kappa shape index (κ1) is 18.3. The zero-order chi connectivity index (χ0) is 17.5. The van der Waals surface area contributed by atoms with Gasteiger partial charge in [-0.25, -0.2) is 4.98 Å². The van der Waals surface area contributed by atoms with Crippen LogP contribution in [0.5, 0.6) is 0 Å². The molecule has 6 heteroatoms. The van der Waals surface area contributed by atoms with Crippen LogP contribution in [0.15, 0.2) is 35.4 Å². The minimum atomic E-state index is -0.0770. The van der Waals surface area contributed by atoms with Gasteiger partial charge in [-0.2, -0.15) is 5.26 Å².